The van der Waals surface area contributed by atoms with Gasteiger partial charge in [-0.25, -0.2) is 4.79 Å². The minimum Gasteiger partial charge on any atom is -0.497 e. The second-order valence-electron chi connectivity index (χ2n) is 8.86. The molecule has 0 aliphatic heterocycles. The van der Waals surface area contributed by atoms with Crippen LogP contribution in [0.5, 0.6) is 5.75 Å². The van der Waals surface area contributed by atoms with Gasteiger partial charge in [0, 0.05) is 19.5 Å². The Balaban J connectivity index is 2.95. The molecule has 0 fully saturated rings. The highest BCUT2D eigenvalue weighted by molar-refractivity contribution is 5.90. The van der Waals surface area contributed by atoms with Gasteiger partial charge in [0.15, 0.2) is 0 Å². The van der Waals surface area contributed by atoms with Gasteiger partial charge >= 0.3 is 5.97 Å². The summed E-state index contributed by atoms with van der Waals surface area (Å²) in [4.78, 5) is 37.4. The first-order valence-corrected chi connectivity index (χ1v) is 10.5. The third-order valence-electron chi connectivity index (χ3n) is 4.41. The van der Waals surface area contributed by atoms with Crippen LogP contribution in [0, 0.1) is 11.8 Å². The van der Waals surface area contributed by atoms with Gasteiger partial charge in [0.2, 0.25) is 11.8 Å². The maximum absolute atomic E-state index is 13.0. The zero-order chi connectivity index (χ0) is 23.6. The van der Waals surface area contributed by atoms with Crippen LogP contribution in [-0.4, -0.2) is 43.6 Å². The predicted molar refractivity (Wildman–Crippen MR) is 121 cm³/mol. The highest BCUT2D eigenvalue weighted by Crippen LogP contribution is 2.17. The van der Waals surface area contributed by atoms with Crippen molar-refractivity contribution < 1.29 is 23.9 Å². The van der Waals surface area contributed by atoms with E-state index < -0.39 is 23.5 Å². The Morgan fingerprint density at radius 2 is 1.68 bits per heavy atom. The average Bonchev–Trinajstić information content (AvgIpc) is 2.68. The monoisotopic (exact) mass is 432 g/mol. The van der Waals surface area contributed by atoms with Crippen LogP contribution in [0.1, 0.15) is 46.6 Å². The van der Waals surface area contributed by atoms with Crippen molar-refractivity contribution >= 4 is 17.8 Å². The third-order valence-corrected chi connectivity index (χ3v) is 4.41. The number of methoxy groups -OCH3 is 1. The van der Waals surface area contributed by atoms with Crippen LogP contribution in [0.2, 0.25) is 0 Å². The van der Waals surface area contributed by atoms with E-state index in [1.54, 1.807) is 34.0 Å². The SMILES string of the molecule is CNC(=O)[C@H](Cc1ccc(OC)cc1)NC(=O)C(/C=C/C(=O)OC(C)(C)C)CC(C)C. The summed E-state index contributed by atoms with van der Waals surface area (Å²) < 4.78 is 10.4. The third kappa shape index (κ3) is 10.2. The molecule has 0 radical (unpaired) electrons. The van der Waals surface area contributed by atoms with E-state index in [9.17, 15) is 14.4 Å². The van der Waals surface area contributed by atoms with Crippen molar-refractivity contribution in [1.29, 1.82) is 0 Å². The first kappa shape index (κ1) is 26.2. The van der Waals surface area contributed by atoms with Crippen molar-refractivity contribution in [3.8, 4) is 5.75 Å². The molecule has 0 aliphatic carbocycles. The number of amides is 2. The number of carbonyl (C=O) groups excluding carboxylic acids is 3. The van der Waals surface area contributed by atoms with E-state index in [2.05, 4.69) is 10.6 Å². The summed E-state index contributed by atoms with van der Waals surface area (Å²) in [6.45, 7) is 9.34. The molecule has 2 N–H and O–H groups in total. The van der Waals surface area contributed by atoms with Crippen LogP contribution in [-0.2, 0) is 25.5 Å². The maximum Gasteiger partial charge on any atom is 0.330 e. The lowest BCUT2D eigenvalue weighted by atomic mass is 9.95. The second-order valence-corrected chi connectivity index (χ2v) is 8.86. The molecule has 0 saturated heterocycles. The van der Waals surface area contributed by atoms with Gasteiger partial charge in [-0.05, 0) is 50.8 Å². The van der Waals surface area contributed by atoms with Crippen LogP contribution >= 0.6 is 0 Å². The Kier molecular flexibility index (Phi) is 10.3. The average molecular weight is 433 g/mol. The lowest BCUT2D eigenvalue weighted by Crippen LogP contribution is -2.48. The van der Waals surface area contributed by atoms with Crippen molar-refractivity contribution in [1.82, 2.24) is 10.6 Å². The quantitative estimate of drug-likeness (QED) is 0.438. The van der Waals surface area contributed by atoms with Gasteiger partial charge in [-0.2, -0.15) is 0 Å². The van der Waals surface area contributed by atoms with Gasteiger partial charge in [0.1, 0.15) is 17.4 Å². The summed E-state index contributed by atoms with van der Waals surface area (Å²) >= 11 is 0. The fraction of sp³-hybridized carbons (Fsp3) is 0.542. The van der Waals surface area contributed by atoms with Gasteiger partial charge in [-0.1, -0.05) is 32.1 Å². The van der Waals surface area contributed by atoms with Gasteiger partial charge in [0.05, 0.1) is 13.0 Å². The second kappa shape index (κ2) is 12.1. The summed E-state index contributed by atoms with van der Waals surface area (Å²) in [7, 11) is 3.12. The van der Waals surface area contributed by atoms with E-state index >= 15 is 0 Å². The summed E-state index contributed by atoms with van der Waals surface area (Å²) in [6.07, 6.45) is 3.71. The van der Waals surface area contributed by atoms with Crippen LogP contribution in [0.4, 0.5) is 0 Å². The fourth-order valence-electron chi connectivity index (χ4n) is 2.97. The first-order chi connectivity index (χ1) is 14.4. The molecule has 0 saturated carbocycles. The molecule has 0 aliphatic rings. The molecule has 172 valence electrons. The minimum absolute atomic E-state index is 0.221. The zero-order valence-corrected chi connectivity index (χ0v) is 19.7. The summed E-state index contributed by atoms with van der Waals surface area (Å²) in [5, 5.41) is 5.44. The predicted octanol–water partition coefficient (Wildman–Crippen LogP) is 3.03. The molecule has 0 bridgehead atoms. The number of nitrogens with one attached hydrogen (secondary N) is 2. The molecular formula is C24H36N2O5. The number of hydrogen-bond donors (Lipinski definition) is 2. The molecule has 1 aromatic carbocycles. The molecule has 1 aromatic rings. The molecule has 1 unspecified atom stereocenters. The number of ether oxygens (including phenoxy) is 2. The number of rotatable bonds is 10. The zero-order valence-electron chi connectivity index (χ0n) is 19.7. The number of carbonyl (C=O) groups is 3. The summed E-state index contributed by atoms with van der Waals surface area (Å²) in [5.41, 5.74) is 0.277. The van der Waals surface area contributed by atoms with Gasteiger partial charge < -0.3 is 20.1 Å². The Morgan fingerprint density at radius 3 is 2.16 bits per heavy atom. The molecule has 0 spiro atoms. The Morgan fingerprint density at radius 1 is 1.06 bits per heavy atom. The number of esters is 1. The van der Waals surface area contributed by atoms with Crippen molar-refractivity contribution in [3.05, 3.63) is 42.0 Å². The lowest BCUT2D eigenvalue weighted by molar-refractivity contribution is -0.148. The minimum atomic E-state index is -0.740. The molecule has 7 heteroatoms. The van der Waals surface area contributed by atoms with Crippen molar-refractivity contribution in [3.63, 3.8) is 0 Å². The van der Waals surface area contributed by atoms with E-state index in [0.717, 1.165) is 5.56 Å². The van der Waals surface area contributed by atoms with Gasteiger partial charge in [-0.3, -0.25) is 9.59 Å². The van der Waals surface area contributed by atoms with Crippen molar-refractivity contribution in [2.75, 3.05) is 14.2 Å². The molecule has 2 amide bonds. The molecule has 1 rings (SSSR count). The Bertz CT molecular complexity index is 763. The highest BCUT2D eigenvalue weighted by Gasteiger charge is 2.25. The first-order valence-electron chi connectivity index (χ1n) is 10.5. The van der Waals surface area contributed by atoms with Crippen LogP contribution in [0.15, 0.2) is 36.4 Å². The van der Waals surface area contributed by atoms with E-state index in [1.807, 2.05) is 38.1 Å². The largest absolute Gasteiger partial charge is 0.497 e. The van der Waals surface area contributed by atoms with E-state index in [-0.39, 0.29) is 17.7 Å². The Labute approximate surface area is 185 Å². The normalized spacial score (nSPS) is 13.5. The molecule has 2 atom stereocenters. The van der Waals surface area contributed by atoms with Gasteiger partial charge in [-0.15, -0.1) is 0 Å². The Hall–Kier alpha value is -2.83. The van der Waals surface area contributed by atoms with Crippen LogP contribution in [0.25, 0.3) is 0 Å². The summed E-state index contributed by atoms with van der Waals surface area (Å²) in [6, 6.07) is 6.59. The highest BCUT2D eigenvalue weighted by atomic mass is 16.6. The smallest absolute Gasteiger partial charge is 0.330 e. The van der Waals surface area contributed by atoms with E-state index in [1.165, 1.54) is 13.1 Å². The molecular weight excluding hydrogens is 396 g/mol. The topological polar surface area (TPSA) is 93.7 Å². The number of hydrogen-bond acceptors (Lipinski definition) is 5. The van der Waals surface area contributed by atoms with E-state index in [0.29, 0.717) is 18.6 Å². The van der Waals surface area contributed by atoms with Crippen molar-refractivity contribution in [2.45, 2.75) is 59.1 Å². The summed E-state index contributed by atoms with van der Waals surface area (Å²) in [5.74, 6) is -0.725. The van der Waals surface area contributed by atoms with Crippen molar-refractivity contribution in [2.24, 2.45) is 11.8 Å². The van der Waals surface area contributed by atoms with Crippen LogP contribution < -0.4 is 15.4 Å². The van der Waals surface area contributed by atoms with E-state index in [4.69, 9.17) is 9.47 Å². The standard InChI is InChI=1S/C24H36N2O5/c1-16(2)14-18(10-13-21(27)31-24(3,4)5)22(28)26-20(23(29)25-6)15-17-8-11-19(30-7)12-9-17/h8-13,16,18,20H,14-15H2,1-7H3,(H,25,29)(H,26,28)/b13-10+/t18?,20-/m0/s1. The number of benzene rings is 1. The fourth-order valence-corrected chi connectivity index (χ4v) is 2.97. The molecule has 0 heterocycles. The van der Waals surface area contributed by atoms with Crippen LogP contribution in [0.3, 0.4) is 0 Å². The molecule has 0 aromatic heterocycles. The molecule has 7 nitrogen and oxygen atoms in total. The van der Waals surface area contributed by atoms with Gasteiger partial charge in [0.25, 0.3) is 0 Å². The maximum atomic E-state index is 13.0. The molecule has 31 heavy (non-hydrogen) atoms. The lowest BCUT2D eigenvalue weighted by Gasteiger charge is -2.22. The number of likely N-dealkylation sites (N-methyl/N-ethyl adjacent to an activating group) is 1.